The van der Waals surface area contributed by atoms with Crippen molar-refractivity contribution >= 4 is 17.0 Å². The van der Waals surface area contributed by atoms with E-state index in [2.05, 4.69) is 5.32 Å². The average molecular weight is 400 g/mol. The summed E-state index contributed by atoms with van der Waals surface area (Å²) in [5, 5.41) is 3.21. The quantitative estimate of drug-likeness (QED) is 0.498. The predicted molar refractivity (Wildman–Crippen MR) is 117 cm³/mol. The standard InChI is InChI=1S/C25H24N2O3/c1-25(19-11-4-2-5-12-19,20-13-6-3-7-14-20)26-23(28)17-10-18-27-21-15-8-9-16-22(21)30-24(27)29/h2-9,11-16H,10,17-18H2,1H3,(H,26,28). The summed E-state index contributed by atoms with van der Waals surface area (Å²) in [6, 6.07) is 27.2. The smallest absolute Gasteiger partial charge is 0.408 e. The first-order chi connectivity index (χ1) is 14.6. The van der Waals surface area contributed by atoms with Gasteiger partial charge >= 0.3 is 5.76 Å². The van der Waals surface area contributed by atoms with E-state index in [1.807, 2.05) is 85.8 Å². The van der Waals surface area contributed by atoms with Crippen LogP contribution in [0, 0.1) is 0 Å². The SMILES string of the molecule is CC(NC(=O)CCCn1c(=O)oc2ccccc21)(c1ccccc1)c1ccccc1. The zero-order valence-corrected chi connectivity index (χ0v) is 16.9. The van der Waals surface area contributed by atoms with E-state index in [1.54, 1.807) is 10.6 Å². The summed E-state index contributed by atoms with van der Waals surface area (Å²) in [4.78, 5) is 25.0. The van der Waals surface area contributed by atoms with Crippen LogP contribution in [0.5, 0.6) is 0 Å². The molecule has 1 heterocycles. The van der Waals surface area contributed by atoms with E-state index in [1.165, 1.54) is 0 Å². The Labute approximate surface area is 175 Å². The number of para-hydroxylation sites is 2. The lowest BCUT2D eigenvalue weighted by Gasteiger charge is -2.32. The van der Waals surface area contributed by atoms with Crippen molar-refractivity contribution in [3.05, 3.63) is 107 Å². The molecule has 0 bridgehead atoms. The van der Waals surface area contributed by atoms with Crippen molar-refractivity contribution in [3.8, 4) is 0 Å². The van der Waals surface area contributed by atoms with Crippen LogP contribution in [0.1, 0.15) is 30.9 Å². The number of aryl methyl sites for hydroxylation is 1. The molecule has 0 spiro atoms. The molecule has 0 fully saturated rings. The van der Waals surface area contributed by atoms with Crippen LogP contribution in [-0.2, 0) is 16.9 Å². The molecule has 0 atom stereocenters. The monoisotopic (exact) mass is 400 g/mol. The maximum atomic E-state index is 12.9. The first-order valence-electron chi connectivity index (χ1n) is 10.1. The zero-order valence-electron chi connectivity index (χ0n) is 16.9. The third-order valence-corrected chi connectivity index (χ3v) is 5.45. The highest BCUT2D eigenvalue weighted by molar-refractivity contribution is 5.78. The second-order valence-electron chi connectivity index (χ2n) is 7.50. The van der Waals surface area contributed by atoms with Gasteiger partial charge in [-0.25, -0.2) is 4.79 Å². The number of carbonyl (C=O) groups is 1. The molecule has 0 radical (unpaired) electrons. The molecule has 1 amide bonds. The van der Waals surface area contributed by atoms with Crippen LogP contribution < -0.4 is 11.1 Å². The molecule has 0 saturated heterocycles. The van der Waals surface area contributed by atoms with E-state index < -0.39 is 11.3 Å². The number of hydrogen-bond acceptors (Lipinski definition) is 3. The second kappa shape index (κ2) is 8.41. The van der Waals surface area contributed by atoms with Gasteiger partial charge in [0.25, 0.3) is 0 Å². The molecule has 0 aliphatic heterocycles. The van der Waals surface area contributed by atoms with Gasteiger partial charge in [-0.2, -0.15) is 0 Å². The Morgan fingerprint density at radius 3 is 2.10 bits per heavy atom. The zero-order chi connectivity index (χ0) is 21.0. The van der Waals surface area contributed by atoms with Crippen LogP contribution in [-0.4, -0.2) is 10.5 Å². The molecule has 0 saturated carbocycles. The first kappa shape index (κ1) is 19.7. The lowest BCUT2D eigenvalue weighted by Crippen LogP contribution is -2.44. The van der Waals surface area contributed by atoms with E-state index in [9.17, 15) is 9.59 Å². The second-order valence-corrected chi connectivity index (χ2v) is 7.50. The van der Waals surface area contributed by atoms with Gasteiger partial charge in [0.15, 0.2) is 5.58 Å². The number of hydrogen-bond donors (Lipinski definition) is 1. The minimum atomic E-state index is -0.640. The molecule has 5 heteroatoms. The number of benzene rings is 3. The molecule has 0 aliphatic rings. The molecule has 1 aromatic heterocycles. The minimum Gasteiger partial charge on any atom is -0.408 e. The fraction of sp³-hybridized carbons (Fsp3) is 0.200. The summed E-state index contributed by atoms with van der Waals surface area (Å²) in [6.45, 7) is 2.44. The van der Waals surface area contributed by atoms with Crippen molar-refractivity contribution in [1.82, 2.24) is 9.88 Å². The van der Waals surface area contributed by atoms with Gasteiger partial charge in [-0.1, -0.05) is 72.8 Å². The fourth-order valence-electron chi connectivity index (χ4n) is 3.82. The minimum absolute atomic E-state index is 0.0638. The largest absolute Gasteiger partial charge is 0.419 e. The van der Waals surface area contributed by atoms with Gasteiger partial charge in [0.05, 0.1) is 11.1 Å². The van der Waals surface area contributed by atoms with Crippen LogP contribution in [0.2, 0.25) is 0 Å². The molecule has 0 aliphatic carbocycles. The fourth-order valence-corrected chi connectivity index (χ4v) is 3.82. The molecule has 1 N–H and O–H groups in total. The van der Waals surface area contributed by atoms with Crippen LogP contribution in [0.3, 0.4) is 0 Å². The van der Waals surface area contributed by atoms with Crippen LogP contribution in [0.4, 0.5) is 0 Å². The normalized spacial score (nSPS) is 11.5. The van der Waals surface area contributed by atoms with E-state index in [4.69, 9.17) is 4.42 Å². The van der Waals surface area contributed by atoms with Crippen LogP contribution in [0.15, 0.2) is 94.1 Å². The van der Waals surface area contributed by atoms with Gasteiger partial charge < -0.3 is 9.73 Å². The van der Waals surface area contributed by atoms with Crippen LogP contribution in [0.25, 0.3) is 11.1 Å². The van der Waals surface area contributed by atoms with Crippen molar-refractivity contribution in [2.24, 2.45) is 0 Å². The van der Waals surface area contributed by atoms with Crippen LogP contribution >= 0.6 is 0 Å². The summed E-state index contributed by atoms with van der Waals surface area (Å²) >= 11 is 0. The molecule has 4 rings (SSSR count). The van der Waals surface area contributed by atoms with Crippen molar-refractivity contribution in [1.29, 1.82) is 0 Å². The molecule has 152 valence electrons. The highest BCUT2D eigenvalue weighted by Gasteiger charge is 2.30. The summed E-state index contributed by atoms with van der Waals surface area (Å²) in [5.41, 5.74) is 2.70. The Morgan fingerprint density at radius 2 is 1.47 bits per heavy atom. The Hall–Kier alpha value is -3.60. The predicted octanol–water partition coefficient (Wildman–Crippen LogP) is 4.45. The Morgan fingerprint density at radius 1 is 0.900 bits per heavy atom. The summed E-state index contributed by atoms with van der Waals surface area (Å²) in [7, 11) is 0. The number of fused-ring (bicyclic) bond motifs is 1. The van der Waals surface area contributed by atoms with Gasteiger partial charge in [0, 0.05) is 13.0 Å². The average Bonchev–Trinajstić information content (AvgIpc) is 3.10. The van der Waals surface area contributed by atoms with Crippen molar-refractivity contribution < 1.29 is 9.21 Å². The lowest BCUT2D eigenvalue weighted by molar-refractivity contribution is -0.122. The topological polar surface area (TPSA) is 64.2 Å². The third-order valence-electron chi connectivity index (χ3n) is 5.45. The van der Waals surface area contributed by atoms with E-state index in [0.29, 0.717) is 25.0 Å². The summed E-state index contributed by atoms with van der Waals surface area (Å²) in [6.07, 6.45) is 0.843. The number of amides is 1. The van der Waals surface area contributed by atoms with E-state index in [0.717, 1.165) is 16.6 Å². The molecular weight excluding hydrogens is 376 g/mol. The van der Waals surface area contributed by atoms with E-state index in [-0.39, 0.29) is 5.91 Å². The van der Waals surface area contributed by atoms with Crippen molar-refractivity contribution in [3.63, 3.8) is 0 Å². The Bertz CT molecular complexity index is 1150. The van der Waals surface area contributed by atoms with Gasteiger partial charge in [-0.3, -0.25) is 9.36 Å². The molecule has 30 heavy (non-hydrogen) atoms. The summed E-state index contributed by atoms with van der Waals surface area (Å²) < 4.78 is 6.84. The van der Waals surface area contributed by atoms with E-state index >= 15 is 0 Å². The molecule has 3 aromatic carbocycles. The van der Waals surface area contributed by atoms with Gasteiger partial charge in [-0.15, -0.1) is 0 Å². The number of rotatable bonds is 7. The number of nitrogens with one attached hydrogen (secondary N) is 1. The highest BCUT2D eigenvalue weighted by atomic mass is 16.4. The summed E-state index contributed by atoms with van der Waals surface area (Å²) in [5.74, 6) is -0.457. The van der Waals surface area contributed by atoms with Gasteiger partial charge in [0.1, 0.15) is 0 Å². The number of carbonyl (C=O) groups excluding carboxylic acids is 1. The molecule has 4 aromatic rings. The molecular formula is C25H24N2O3. The van der Waals surface area contributed by atoms with Crippen molar-refractivity contribution in [2.45, 2.75) is 31.8 Å². The molecule has 0 unspecified atom stereocenters. The third kappa shape index (κ3) is 3.92. The maximum absolute atomic E-state index is 12.9. The maximum Gasteiger partial charge on any atom is 0.419 e. The molecule has 5 nitrogen and oxygen atoms in total. The number of aromatic nitrogens is 1. The number of nitrogens with zero attached hydrogens (tertiary/aromatic N) is 1. The Balaban J connectivity index is 1.48. The lowest BCUT2D eigenvalue weighted by atomic mass is 9.84. The Kier molecular flexibility index (Phi) is 5.53. The first-order valence-corrected chi connectivity index (χ1v) is 10.1. The van der Waals surface area contributed by atoms with Gasteiger partial charge in [-0.05, 0) is 36.6 Å². The number of oxazole rings is 1. The van der Waals surface area contributed by atoms with Gasteiger partial charge in [0.2, 0.25) is 5.91 Å². The van der Waals surface area contributed by atoms with Crippen molar-refractivity contribution in [2.75, 3.05) is 0 Å². The highest BCUT2D eigenvalue weighted by Crippen LogP contribution is 2.29.